The summed E-state index contributed by atoms with van der Waals surface area (Å²) < 4.78 is 0. The molecule has 1 saturated carbocycles. The molecule has 2 amide bonds. The molecule has 0 aliphatic heterocycles. The van der Waals surface area contributed by atoms with Crippen molar-refractivity contribution in [2.75, 3.05) is 5.32 Å². The van der Waals surface area contributed by atoms with Gasteiger partial charge in [0.1, 0.15) is 5.25 Å². The van der Waals surface area contributed by atoms with Gasteiger partial charge < -0.3 is 10.6 Å². The summed E-state index contributed by atoms with van der Waals surface area (Å²) >= 11 is 1.52. The van der Waals surface area contributed by atoms with Crippen molar-refractivity contribution in [2.24, 2.45) is 0 Å². The molecule has 1 aliphatic rings. The van der Waals surface area contributed by atoms with Crippen molar-refractivity contribution in [1.29, 1.82) is 0 Å². The summed E-state index contributed by atoms with van der Waals surface area (Å²) in [5.74, 6) is -0.0407. The van der Waals surface area contributed by atoms with Gasteiger partial charge in [-0.15, -0.1) is 11.8 Å². The van der Waals surface area contributed by atoms with Crippen molar-refractivity contribution in [3.63, 3.8) is 0 Å². The third kappa shape index (κ3) is 4.61. The number of thioether (sulfide) groups is 1. The summed E-state index contributed by atoms with van der Waals surface area (Å²) in [6.45, 7) is 1.48. The lowest BCUT2D eigenvalue weighted by atomic mass is 10.1. The second-order valence-corrected chi connectivity index (χ2v) is 7.08. The Morgan fingerprint density at radius 3 is 2.29 bits per heavy atom. The first-order valence-electron chi connectivity index (χ1n) is 8.01. The zero-order chi connectivity index (χ0) is 16.9. The van der Waals surface area contributed by atoms with Crippen LogP contribution in [0, 0.1) is 0 Å². The van der Waals surface area contributed by atoms with Crippen LogP contribution in [-0.2, 0) is 9.59 Å². The van der Waals surface area contributed by atoms with E-state index in [9.17, 15) is 9.59 Å². The van der Waals surface area contributed by atoms with Gasteiger partial charge in [0.2, 0.25) is 11.8 Å². The Bertz CT molecular complexity index is 712. The van der Waals surface area contributed by atoms with Crippen LogP contribution in [-0.4, -0.2) is 17.9 Å². The summed E-state index contributed by atoms with van der Waals surface area (Å²) in [5.41, 5.74) is 1.75. The fraction of sp³-hybridized carbons (Fsp3) is 0.263. The quantitative estimate of drug-likeness (QED) is 0.787. The molecule has 0 bridgehead atoms. The summed E-state index contributed by atoms with van der Waals surface area (Å²) in [7, 11) is 0. The first-order chi connectivity index (χ1) is 11.6. The zero-order valence-electron chi connectivity index (χ0n) is 13.5. The Hall–Kier alpha value is -2.27. The van der Waals surface area contributed by atoms with Crippen LogP contribution in [0.5, 0.6) is 0 Å². The lowest BCUT2D eigenvalue weighted by molar-refractivity contribution is -0.120. The molecule has 0 saturated heterocycles. The Morgan fingerprint density at radius 2 is 1.71 bits per heavy atom. The van der Waals surface area contributed by atoms with Gasteiger partial charge >= 0.3 is 0 Å². The first-order valence-corrected chi connectivity index (χ1v) is 8.89. The Balaban J connectivity index is 1.75. The zero-order valence-corrected chi connectivity index (χ0v) is 14.3. The lowest BCUT2D eigenvalue weighted by Gasteiger charge is -2.17. The van der Waals surface area contributed by atoms with Crippen LogP contribution in [0.3, 0.4) is 0 Å². The highest BCUT2D eigenvalue weighted by molar-refractivity contribution is 8.00. The van der Waals surface area contributed by atoms with E-state index in [1.807, 2.05) is 54.6 Å². The van der Waals surface area contributed by atoms with Gasteiger partial charge in [0.15, 0.2) is 0 Å². The van der Waals surface area contributed by atoms with Crippen LogP contribution >= 0.6 is 11.8 Å². The van der Waals surface area contributed by atoms with E-state index in [-0.39, 0.29) is 17.1 Å². The van der Waals surface area contributed by atoms with Gasteiger partial charge in [0.25, 0.3) is 0 Å². The first kappa shape index (κ1) is 16.6. The second kappa shape index (κ2) is 7.53. The topological polar surface area (TPSA) is 58.2 Å². The maximum absolute atomic E-state index is 12.6. The van der Waals surface area contributed by atoms with Gasteiger partial charge in [0.05, 0.1) is 0 Å². The highest BCUT2D eigenvalue weighted by Crippen LogP contribution is 2.36. The number of benzene rings is 2. The van der Waals surface area contributed by atoms with E-state index in [2.05, 4.69) is 10.6 Å². The average molecular weight is 340 g/mol. The molecule has 0 spiro atoms. The Morgan fingerprint density at radius 1 is 1.04 bits per heavy atom. The van der Waals surface area contributed by atoms with Gasteiger partial charge in [-0.2, -0.15) is 0 Å². The molecule has 1 atom stereocenters. The van der Waals surface area contributed by atoms with Gasteiger partial charge in [-0.05, 0) is 42.7 Å². The molecule has 2 N–H and O–H groups in total. The summed E-state index contributed by atoms with van der Waals surface area (Å²) in [4.78, 5) is 24.7. The molecule has 0 aromatic heterocycles. The normalized spacial score (nSPS) is 14.7. The average Bonchev–Trinajstić information content (AvgIpc) is 3.38. The number of anilines is 1. The highest BCUT2D eigenvalue weighted by Gasteiger charge is 2.29. The number of hydrogen-bond donors (Lipinski definition) is 2. The van der Waals surface area contributed by atoms with Crippen molar-refractivity contribution >= 4 is 29.3 Å². The molecule has 2 aromatic rings. The van der Waals surface area contributed by atoms with Crippen LogP contribution in [0.4, 0.5) is 5.69 Å². The maximum atomic E-state index is 12.6. The summed E-state index contributed by atoms with van der Waals surface area (Å²) in [6, 6.07) is 17.7. The molecule has 2 aromatic carbocycles. The van der Waals surface area contributed by atoms with E-state index in [1.54, 1.807) is 0 Å². The number of amides is 2. The second-order valence-electron chi connectivity index (χ2n) is 5.90. The van der Waals surface area contributed by atoms with E-state index in [0.717, 1.165) is 29.0 Å². The molecule has 0 radical (unpaired) electrons. The lowest BCUT2D eigenvalue weighted by Crippen LogP contribution is -2.29. The minimum atomic E-state index is -0.279. The fourth-order valence-corrected chi connectivity index (χ4v) is 3.40. The number of carbonyl (C=O) groups is 2. The molecule has 4 nitrogen and oxygen atoms in total. The van der Waals surface area contributed by atoms with Gasteiger partial charge in [-0.25, -0.2) is 0 Å². The molecular weight excluding hydrogens is 320 g/mol. The molecule has 24 heavy (non-hydrogen) atoms. The summed E-state index contributed by atoms with van der Waals surface area (Å²) in [6.07, 6.45) is 2.15. The highest BCUT2D eigenvalue weighted by atomic mass is 32.2. The van der Waals surface area contributed by atoms with Crippen LogP contribution in [0.1, 0.15) is 30.6 Å². The van der Waals surface area contributed by atoms with Crippen LogP contribution in [0.15, 0.2) is 59.5 Å². The minimum absolute atomic E-state index is 0.0552. The predicted molar refractivity (Wildman–Crippen MR) is 97.0 cm³/mol. The number of hydrogen-bond acceptors (Lipinski definition) is 3. The molecule has 124 valence electrons. The van der Waals surface area contributed by atoms with Gasteiger partial charge in [0, 0.05) is 23.5 Å². The van der Waals surface area contributed by atoms with Crippen molar-refractivity contribution in [3.8, 4) is 0 Å². The van der Waals surface area contributed by atoms with Crippen molar-refractivity contribution in [3.05, 3.63) is 60.2 Å². The van der Waals surface area contributed by atoms with E-state index in [1.165, 1.54) is 18.7 Å². The van der Waals surface area contributed by atoms with Crippen molar-refractivity contribution < 1.29 is 9.59 Å². The SMILES string of the molecule is CC(=O)Nc1ccc(S[C@@H](C(=O)NC2CC2)c2ccccc2)cc1. The third-order valence-electron chi connectivity index (χ3n) is 3.69. The van der Waals surface area contributed by atoms with Crippen molar-refractivity contribution in [2.45, 2.75) is 36.0 Å². The molecule has 3 rings (SSSR count). The maximum Gasteiger partial charge on any atom is 0.238 e. The monoisotopic (exact) mass is 340 g/mol. The largest absolute Gasteiger partial charge is 0.352 e. The standard InChI is InChI=1S/C19H20N2O2S/c1-13(22)20-15-9-11-17(12-10-15)24-18(14-5-3-2-4-6-14)19(23)21-16-7-8-16/h2-6,9-12,16,18H,7-8H2,1H3,(H,20,22)(H,21,23)/t18-/m1/s1. The number of carbonyl (C=O) groups excluding carboxylic acids is 2. The minimum Gasteiger partial charge on any atom is -0.352 e. The van der Waals surface area contributed by atoms with Crippen LogP contribution in [0.2, 0.25) is 0 Å². The van der Waals surface area contributed by atoms with Crippen LogP contribution < -0.4 is 10.6 Å². The smallest absolute Gasteiger partial charge is 0.238 e. The Kier molecular flexibility index (Phi) is 5.20. The molecular formula is C19H20N2O2S. The molecule has 0 heterocycles. The molecule has 0 unspecified atom stereocenters. The van der Waals surface area contributed by atoms with E-state index < -0.39 is 0 Å². The van der Waals surface area contributed by atoms with Crippen molar-refractivity contribution in [1.82, 2.24) is 5.32 Å². The predicted octanol–water partition coefficient (Wildman–Crippen LogP) is 3.76. The van der Waals surface area contributed by atoms with E-state index in [0.29, 0.717) is 6.04 Å². The fourth-order valence-electron chi connectivity index (χ4n) is 2.36. The number of rotatable bonds is 6. The molecule has 5 heteroatoms. The van der Waals surface area contributed by atoms with E-state index in [4.69, 9.17) is 0 Å². The van der Waals surface area contributed by atoms with Crippen LogP contribution in [0.25, 0.3) is 0 Å². The molecule has 1 aliphatic carbocycles. The van der Waals surface area contributed by atoms with E-state index >= 15 is 0 Å². The Labute approximate surface area is 146 Å². The van der Waals surface area contributed by atoms with Gasteiger partial charge in [-0.3, -0.25) is 9.59 Å². The third-order valence-corrected chi connectivity index (χ3v) is 4.96. The summed E-state index contributed by atoms with van der Waals surface area (Å²) in [5, 5.41) is 5.56. The van der Waals surface area contributed by atoms with Gasteiger partial charge in [-0.1, -0.05) is 30.3 Å². The number of nitrogens with one attached hydrogen (secondary N) is 2. The molecule has 1 fully saturated rings.